The maximum absolute atomic E-state index is 11.4. The van der Waals surface area contributed by atoms with Crippen molar-refractivity contribution in [2.45, 2.75) is 206 Å². The predicted molar refractivity (Wildman–Crippen MR) is 175 cm³/mol. The van der Waals surface area contributed by atoms with Gasteiger partial charge in [-0.15, -0.1) is 0 Å². The highest BCUT2D eigenvalue weighted by molar-refractivity contribution is 5.75. The molecule has 0 saturated carbocycles. The first-order valence-corrected chi connectivity index (χ1v) is 17.9. The summed E-state index contributed by atoms with van der Waals surface area (Å²) >= 11 is 0. The van der Waals surface area contributed by atoms with Crippen LogP contribution in [-0.4, -0.2) is 34.9 Å². The molecule has 2 atom stereocenters. The molecule has 3 N–H and O–H groups in total. The van der Waals surface area contributed by atoms with Crippen molar-refractivity contribution < 1.29 is 15.0 Å². The van der Waals surface area contributed by atoms with Crippen molar-refractivity contribution in [3.8, 4) is 0 Å². The minimum atomic E-state index is -0.829. The van der Waals surface area contributed by atoms with Gasteiger partial charge in [-0.1, -0.05) is 187 Å². The van der Waals surface area contributed by atoms with Crippen LogP contribution in [0.15, 0.2) is 12.2 Å². The van der Waals surface area contributed by atoms with E-state index in [1.54, 1.807) is 13.0 Å². The molecule has 0 radical (unpaired) electrons. The van der Waals surface area contributed by atoms with Gasteiger partial charge in [0.05, 0.1) is 18.8 Å². The van der Waals surface area contributed by atoms with Crippen molar-refractivity contribution in [1.82, 2.24) is 5.32 Å². The number of unbranched alkanes of at least 4 members (excludes halogenated alkanes) is 26. The van der Waals surface area contributed by atoms with Crippen LogP contribution in [0.25, 0.3) is 0 Å². The molecule has 4 nitrogen and oxygen atoms in total. The van der Waals surface area contributed by atoms with Gasteiger partial charge in [-0.05, 0) is 12.8 Å². The highest BCUT2D eigenvalue weighted by Crippen LogP contribution is 2.16. The molecule has 0 aliphatic carbocycles. The number of rotatable bonds is 32. The van der Waals surface area contributed by atoms with E-state index in [0.29, 0.717) is 6.42 Å². The van der Waals surface area contributed by atoms with E-state index in [2.05, 4.69) is 12.2 Å². The molecule has 4 heteroatoms. The lowest BCUT2D eigenvalue weighted by Crippen LogP contribution is -2.44. The number of carbonyl (C=O) groups is 1. The van der Waals surface area contributed by atoms with Crippen LogP contribution in [0, 0.1) is 0 Å². The van der Waals surface area contributed by atoms with Crippen molar-refractivity contribution in [3.63, 3.8) is 0 Å². The van der Waals surface area contributed by atoms with E-state index in [0.717, 1.165) is 12.8 Å². The molecule has 1 amide bonds. The second-order valence-electron chi connectivity index (χ2n) is 12.3. The number of hydrogen-bond donors (Lipinski definition) is 3. The number of hydrogen-bond acceptors (Lipinski definition) is 3. The van der Waals surface area contributed by atoms with E-state index in [-0.39, 0.29) is 12.5 Å². The molecule has 0 aromatic carbocycles. The fraction of sp³-hybridized carbons (Fsp3) is 0.917. The lowest BCUT2D eigenvalue weighted by molar-refractivity contribution is -0.122. The normalized spacial score (nSPS) is 13.2. The molecule has 0 aliphatic rings. The summed E-state index contributed by atoms with van der Waals surface area (Å²) in [5.41, 5.74) is 0. The van der Waals surface area contributed by atoms with Crippen LogP contribution >= 0.6 is 0 Å². The third-order valence-electron chi connectivity index (χ3n) is 8.33. The number of amides is 1. The second-order valence-corrected chi connectivity index (χ2v) is 12.3. The molecule has 238 valence electrons. The molecule has 0 saturated heterocycles. The Kier molecular flexibility index (Phi) is 31.9. The number of nitrogens with one attached hydrogen (secondary N) is 1. The summed E-state index contributed by atoms with van der Waals surface area (Å²) in [4.78, 5) is 11.4. The highest BCUT2D eigenvalue weighted by atomic mass is 16.3. The monoisotopic (exact) mass is 566 g/mol. The molecule has 0 rings (SSSR count). The standard InChI is InChI=1S/C36H71NO3/c1-3-5-6-7-8-9-10-11-12-13-14-15-16-17-18-19-20-21-22-23-24-25-26-27-28-29-30-31-32-35(39)34(33-38)37-36(40)4-2/h31-32,34-35,38-39H,3-30,33H2,1-2H3,(H,37,40)/b32-31+. The summed E-state index contributed by atoms with van der Waals surface area (Å²) in [5.74, 6) is -0.151. The van der Waals surface area contributed by atoms with Crippen molar-refractivity contribution in [2.75, 3.05) is 6.61 Å². The Morgan fingerprint density at radius 3 is 1.20 bits per heavy atom. The average molecular weight is 566 g/mol. The fourth-order valence-corrected chi connectivity index (χ4v) is 5.50. The van der Waals surface area contributed by atoms with Crippen molar-refractivity contribution in [3.05, 3.63) is 12.2 Å². The average Bonchev–Trinajstić information content (AvgIpc) is 2.96. The van der Waals surface area contributed by atoms with Gasteiger partial charge in [-0.25, -0.2) is 0 Å². The Labute approximate surface area is 250 Å². The highest BCUT2D eigenvalue weighted by Gasteiger charge is 2.17. The van der Waals surface area contributed by atoms with Crippen molar-refractivity contribution in [1.29, 1.82) is 0 Å². The first-order valence-electron chi connectivity index (χ1n) is 17.9. The topological polar surface area (TPSA) is 69.6 Å². The third-order valence-corrected chi connectivity index (χ3v) is 8.33. The van der Waals surface area contributed by atoms with Crippen molar-refractivity contribution >= 4 is 5.91 Å². The van der Waals surface area contributed by atoms with Gasteiger partial charge in [0.15, 0.2) is 0 Å². The summed E-state index contributed by atoms with van der Waals surface area (Å²) in [7, 11) is 0. The molecule has 0 fully saturated rings. The summed E-state index contributed by atoms with van der Waals surface area (Å²) in [6.07, 6.45) is 40.8. The lowest BCUT2D eigenvalue weighted by atomic mass is 10.0. The van der Waals surface area contributed by atoms with Gasteiger partial charge < -0.3 is 15.5 Å². The fourth-order valence-electron chi connectivity index (χ4n) is 5.50. The van der Waals surface area contributed by atoms with Crippen LogP contribution < -0.4 is 5.32 Å². The van der Waals surface area contributed by atoms with E-state index in [1.807, 2.05) is 6.08 Å². The third kappa shape index (κ3) is 28.7. The minimum absolute atomic E-state index is 0.151. The Hall–Kier alpha value is -0.870. The number of allylic oxidation sites excluding steroid dienone is 1. The Morgan fingerprint density at radius 1 is 0.575 bits per heavy atom. The van der Waals surface area contributed by atoms with Crippen LogP contribution in [0.3, 0.4) is 0 Å². The van der Waals surface area contributed by atoms with Gasteiger partial charge in [0.2, 0.25) is 5.91 Å². The molecule has 0 aromatic rings. The largest absolute Gasteiger partial charge is 0.394 e. The Balaban J connectivity index is 3.25. The van der Waals surface area contributed by atoms with E-state index < -0.39 is 12.1 Å². The number of aliphatic hydroxyl groups is 2. The molecule has 0 heterocycles. The molecule has 2 unspecified atom stereocenters. The quantitative estimate of drug-likeness (QED) is 0.0561. The minimum Gasteiger partial charge on any atom is -0.394 e. The van der Waals surface area contributed by atoms with E-state index in [4.69, 9.17) is 0 Å². The van der Waals surface area contributed by atoms with Crippen LogP contribution in [0.5, 0.6) is 0 Å². The molecule has 40 heavy (non-hydrogen) atoms. The number of aliphatic hydroxyl groups excluding tert-OH is 2. The lowest BCUT2D eigenvalue weighted by Gasteiger charge is -2.19. The van der Waals surface area contributed by atoms with Gasteiger partial charge in [0.25, 0.3) is 0 Å². The maximum Gasteiger partial charge on any atom is 0.220 e. The van der Waals surface area contributed by atoms with Gasteiger partial charge in [0.1, 0.15) is 0 Å². The molecule has 0 spiro atoms. The SMILES string of the molecule is CCCCCCCCCCCCCCCCCCCCCCCCCCCC/C=C/C(O)C(CO)NC(=O)CC. The first-order chi connectivity index (χ1) is 19.7. The van der Waals surface area contributed by atoms with Crippen LogP contribution in [0.2, 0.25) is 0 Å². The Bertz CT molecular complexity index is 536. The van der Waals surface area contributed by atoms with E-state index in [1.165, 1.54) is 161 Å². The summed E-state index contributed by atoms with van der Waals surface area (Å²) in [6.45, 7) is 3.80. The number of carbonyl (C=O) groups excluding carboxylic acids is 1. The van der Waals surface area contributed by atoms with E-state index >= 15 is 0 Å². The van der Waals surface area contributed by atoms with Crippen LogP contribution in [0.1, 0.15) is 194 Å². The van der Waals surface area contributed by atoms with Crippen LogP contribution in [0.4, 0.5) is 0 Å². The smallest absolute Gasteiger partial charge is 0.220 e. The zero-order valence-electron chi connectivity index (χ0n) is 27.1. The zero-order chi connectivity index (χ0) is 29.4. The molecular formula is C36H71NO3. The van der Waals surface area contributed by atoms with Crippen LogP contribution in [-0.2, 0) is 4.79 Å². The summed E-state index contributed by atoms with van der Waals surface area (Å²) < 4.78 is 0. The summed E-state index contributed by atoms with van der Waals surface area (Å²) in [5, 5.41) is 22.1. The molecule has 0 bridgehead atoms. The van der Waals surface area contributed by atoms with Gasteiger partial charge in [-0.2, -0.15) is 0 Å². The van der Waals surface area contributed by atoms with Gasteiger partial charge in [0, 0.05) is 6.42 Å². The molecular weight excluding hydrogens is 494 g/mol. The molecule has 0 aliphatic heterocycles. The first kappa shape index (κ1) is 39.1. The zero-order valence-corrected chi connectivity index (χ0v) is 27.1. The maximum atomic E-state index is 11.4. The van der Waals surface area contributed by atoms with E-state index in [9.17, 15) is 15.0 Å². The van der Waals surface area contributed by atoms with Gasteiger partial charge >= 0.3 is 0 Å². The predicted octanol–water partition coefficient (Wildman–Crippen LogP) is 10.3. The molecule has 0 aromatic heterocycles. The van der Waals surface area contributed by atoms with Crippen molar-refractivity contribution in [2.24, 2.45) is 0 Å². The Morgan fingerprint density at radius 2 is 0.900 bits per heavy atom. The van der Waals surface area contributed by atoms with Gasteiger partial charge in [-0.3, -0.25) is 4.79 Å². The second kappa shape index (κ2) is 32.6. The summed E-state index contributed by atoms with van der Waals surface area (Å²) in [6, 6.07) is -0.613.